The van der Waals surface area contributed by atoms with E-state index in [1.54, 1.807) is 6.92 Å². The minimum Gasteiger partial charge on any atom is -0.381 e. The second-order valence-electron chi connectivity index (χ2n) is 6.75. The molecule has 7 heteroatoms. The van der Waals surface area contributed by atoms with Crippen LogP contribution >= 0.6 is 0 Å². The molecule has 7 nitrogen and oxygen atoms in total. The third-order valence-corrected chi connectivity index (χ3v) is 4.83. The Morgan fingerprint density at radius 1 is 1.28 bits per heavy atom. The minimum atomic E-state index is -1.02. The number of hydrazine groups is 1. The van der Waals surface area contributed by atoms with Crippen molar-refractivity contribution in [3.8, 4) is 0 Å². The fraction of sp³-hybridized carbons (Fsp3) is 0.500. The van der Waals surface area contributed by atoms with Crippen molar-refractivity contribution in [2.75, 3.05) is 13.2 Å². The largest absolute Gasteiger partial charge is 0.381 e. The summed E-state index contributed by atoms with van der Waals surface area (Å²) in [5, 5.41) is 3.53. The van der Waals surface area contributed by atoms with Gasteiger partial charge in [0.1, 0.15) is 5.54 Å². The van der Waals surface area contributed by atoms with Gasteiger partial charge >= 0.3 is 6.03 Å². The van der Waals surface area contributed by atoms with Crippen LogP contribution in [0.1, 0.15) is 31.7 Å². The van der Waals surface area contributed by atoms with Crippen LogP contribution in [0.25, 0.3) is 0 Å². The zero-order chi connectivity index (χ0) is 17.9. The van der Waals surface area contributed by atoms with Crippen molar-refractivity contribution < 1.29 is 19.1 Å². The summed E-state index contributed by atoms with van der Waals surface area (Å²) in [4.78, 5) is 37.2. The van der Waals surface area contributed by atoms with Crippen LogP contribution in [0.2, 0.25) is 0 Å². The molecule has 134 valence electrons. The Kier molecular flexibility index (Phi) is 5.03. The van der Waals surface area contributed by atoms with Crippen LogP contribution in [-0.4, -0.2) is 41.6 Å². The van der Waals surface area contributed by atoms with Crippen LogP contribution in [-0.2, 0) is 20.7 Å². The van der Waals surface area contributed by atoms with Gasteiger partial charge < -0.3 is 10.1 Å². The average molecular weight is 345 g/mol. The number of hydrogen-bond donors (Lipinski definition) is 2. The smallest absolute Gasteiger partial charge is 0.344 e. The lowest BCUT2D eigenvalue weighted by atomic mass is 9.93. The maximum absolute atomic E-state index is 12.7. The van der Waals surface area contributed by atoms with E-state index in [1.807, 2.05) is 30.3 Å². The molecule has 0 radical (unpaired) electrons. The maximum Gasteiger partial charge on any atom is 0.344 e. The lowest BCUT2D eigenvalue weighted by molar-refractivity contribution is -0.141. The van der Waals surface area contributed by atoms with Gasteiger partial charge in [-0.05, 0) is 38.2 Å². The zero-order valence-electron chi connectivity index (χ0n) is 14.3. The molecule has 2 saturated heterocycles. The van der Waals surface area contributed by atoms with Gasteiger partial charge in [0.05, 0.1) is 0 Å². The van der Waals surface area contributed by atoms with E-state index in [0.717, 1.165) is 10.6 Å². The molecule has 1 unspecified atom stereocenters. The van der Waals surface area contributed by atoms with Gasteiger partial charge in [-0.25, -0.2) is 4.79 Å². The summed E-state index contributed by atoms with van der Waals surface area (Å²) in [6.45, 7) is 2.73. The predicted octanol–water partition coefficient (Wildman–Crippen LogP) is 1.39. The summed E-state index contributed by atoms with van der Waals surface area (Å²) in [6, 6.07) is 9.19. The molecule has 1 aromatic rings. The summed E-state index contributed by atoms with van der Waals surface area (Å²) in [6.07, 6.45) is 2.32. The molecule has 1 atom stereocenters. The number of carbonyl (C=O) groups excluding carboxylic acids is 3. The molecule has 2 aliphatic rings. The molecule has 2 aliphatic heterocycles. The lowest BCUT2D eigenvalue weighted by Gasteiger charge is -2.24. The van der Waals surface area contributed by atoms with E-state index in [0.29, 0.717) is 38.9 Å². The van der Waals surface area contributed by atoms with Gasteiger partial charge in [-0.15, -0.1) is 0 Å². The van der Waals surface area contributed by atoms with Crippen LogP contribution < -0.4 is 10.7 Å². The first-order chi connectivity index (χ1) is 12.0. The van der Waals surface area contributed by atoms with Gasteiger partial charge in [0.25, 0.3) is 5.91 Å². The number of aryl methyl sites for hydroxylation is 1. The topological polar surface area (TPSA) is 87.7 Å². The first kappa shape index (κ1) is 17.4. The van der Waals surface area contributed by atoms with Crippen LogP contribution in [0.3, 0.4) is 0 Å². The number of benzene rings is 1. The first-order valence-electron chi connectivity index (χ1n) is 8.58. The molecule has 25 heavy (non-hydrogen) atoms. The van der Waals surface area contributed by atoms with Crippen LogP contribution in [0, 0.1) is 5.92 Å². The fourth-order valence-electron chi connectivity index (χ4n) is 3.16. The van der Waals surface area contributed by atoms with Crippen molar-refractivity contribution >= 4 is 17.8 Å². The monoisotopic (exact) mass is 345 g/mol. The molecule has 2 fully saturated rings. The van der Waals surface area contributed by atoms with Crippen LogP contribution in [0.5, 0.6) is 0 Å². The van der Waals surface area contributed by atoms with Crippen molar-refractivity contribution in [1.29, 1.82) is 0 Å². The SMILES string of the molecule is CC1(CCc2ccccc2)NC(=O)N(NC(=O)C2CCOCC2)C1=O. The van der Waals surface area contributed by atoms with E-state index in [1.165, 1.54) is 0 Å². The summed E-state index contributed by atoms with van der Waals surface area (Å²) < 4.78 is 5.23. The zero-order valence-corrected chi connectivity index (χ0v) is 14.3. The number of rotatable bonds is 5. The molecule has 1 aromatic carbocycles. The van der Waals surface area contributed by atoms with Gasteiger partial charge in [0.15, 0.2) is 0 Å². The Balaban J connectivity index is 1.61. The maximum atomic E-state index is 12.7. The second kappa shape index (κ2) is 7.23. The van der Waals surface area contributed by atoms with E-state index in [2.05, 4.69) is 10.7 Å². The molecule has 2 N–H and O–H groups in total. The standard InChI is InChI=1S/C18H23N3O4/c1-18(10-7-13-5-3-2-4-6-13)16(23)21(17(24)19-18)20-15(22)14-8-11-25-12-9-14/h2-6,14H,7-12H2,1H3,(H,19,24)(H,20,22). The highest BCUT2D eigenvalue weighted by molar-refractivity contribution is 6.07. The Morgan fingerprint density at radius 2 is 1.96 bits per heavy atom. The van der Waals surface area contributed by atoms with Gasteiger partial charge in [-0.2, -0.15) is 5.01 Å². The number of carbonyl (C=O) groups is 3. The van der Waals surface area contributed by atoms with Crippen molar-refractivity contribution in [2.45, 2.75) is 38.1 Å². The summed E-state index contributed by atoms with van der Waals surface area (Å²) in [7, 11) is 0. The van der Waals surface area contributed by atoms with Gasteiger partial charge in [0, 0.05) is 19.1 Å². The van der Waals surface area contributed by atoms with Crippen LogP contribution in [0.4, 0.5) is 4.79 Å². The molecule has 4 amide bonds. The molecule has 3 rings (SSSR count). The summed E-state index contributed by atoms with van der Waals surface area (Å²) in [5.41, 5.74) is 2.55. The third-order valence-electron chi connectivity index (χ3n) is 4.83. The number of hydrogen-bond acceptors (Lipinski definition) is 4. The average Bonchev–Trinajstić information content (AvgIpc) is 2.85. The number of nitrogens with one attached hydrogen (secondary N) is 2. The van der Waals surface area contributed by atoms with Gasteiger partial charge in [-0.3, -0.25) is 15.0 Å². The van der Waals surface area contributed by atoms with E-state index in [-0.39, 0.29) is 11.8 Å². The highest BCUT2D eigenvalue weighted by Crippen LogP contribution is 2.23. The highest BCUT2D eigenvalue weighted by atomic mass is 16.5. The number of nitrogens with zero attached hydrogens (tertiary/aromatic N) is 1. The van der Waals surface area contributed by atoms with Crippen molar-refractivity contribution in [2.24, 2.45) is 5.92 Å². The second-order valence-corrected chi connectivity index (χ2v) is 6.75. The van der Waals surface area contributed by atoms with E-state index < -0.39 is 17.5 Å². The van der Waals surface area contributed by atoms with Gasteiger partial charge in [0.2, 0.25) is 5.91 Å². The Morgan fingerprint density at radius 3 is 2.64 bits per heavy atom. The molecule has 0 aromatic heterocycles. The number of ether oxygens (including phenoxy) is 1. The number of imide groups is 1. The lowest BCUT2D eigenvalue weighted by Crippen LogP contribution is -2.51. The van der Waals surface area contributed by atoms with Gasteiger partial charge in [-0.1, -0.05) is 30.3 Å². The predicted molar refractivity (Wildman–Crippen MR) is 90.2 cm³/mol. The molecular formula is C18H23N3O4. The molecule has 0 bridgehead atoms. The Bertz CT molecular complexity index is 658. The van der Waals surface area contributed by atoms with Crippen LogP contribution in [0.15, 0.2) is 30.3 Å². The van der Waals surface area contributed by atoms with E-state index in [4.69, 9.17) is 4.74 Å². The van der Waals surface area contributed by atoms with E-state index in [9.17, 15) is 14.4 Å². The fourth-order valence-corrected chi connectivity index (χ4v) is 3.16. The van der Waals surface area contributed by atoms with Crippen molar-refractivity contribution in [1.82, 2.24) is 15.8 Å². The number of amides is 4. The highest BCUT2D eigenvalue weighted by Gasteiger charge is 2.48. The van der Waals surface area contributed by atoms with E-state index >= 15 is 0 Å². The molecule has 0 spiro atoms. The molecule has 0 saturated carbocycles. The summed E-state index contributed by atoms with van der Waals surface area (Å²) in [5.74, 6) is -0.960. The number of urea groups is 1. The third kappa shape index (κ3) is 3.82. The molecule has 0 aliphatic carbocycles. The quantitative estimate of drug-likeness (QED) is 0.790. The Hall–Kier alpha value is -2.41. The van der Waals surface area contributed by atoms with Crippen molar-refractivity contribution in [3.05, 3.63) is 35.9 Å². The molecular weight excluding hydrogens is 322 g/mol. The summed E-state index contributed by atoms with van der Waals surface area (Å²) >= 11 is 0. The van der Waals surface area contributed by atoms with Crippen molar-refractivity contribution in [3.63, 3.8) is 0 Å². The molecule has 2 heterocycles. The first-order valence-corrected chi connectivity index (χ1v) is 8.58. The normalized spacial score (nSPS) is 24.3. The minimum absolute atomic E-state index is 0.231. The Labute approximate surface area is 146 Å².